The number of carbonyl (C=O) groups is 1. The Morgan fingerprint density at radius 1 is 1.08 bits per heavy atom. The average Bonchev–Trinajstić information content (AvgIpc) is 3.62. The van der Waals surface area contributed by atoms with Gasteiger partial charge in [0.1, 0.15) is 17.1 Å². The minimum absolute atomic E-state index is 0.157. The van der Waals surface area contributed by atoms with Gasteiger partial charge in [-0.1, -0.05) is 68.2 Å². The molecule has 208 valence electrons. The predicted molar refractivity (Wildman–Crippen MR) is 159 cm³/mol. The summed E-state index contributed by atoms with van der Waals surface area (Å²) in [5.41, 5.74) is 4.88. The lowest BCUT2D eigenvalue weighted by molar-refractivity contribution is -0.131. The first-order valence-electron chi connectivity index (χ1n) is 13.9. The lowest BCUT2D eigenvalue weighted by Crippen LogP contribution is -2.40. The first-order valence-corrected chi connectivity index (χ1v) is 14.8. The number of hydrogen-bond donors (Lipinski definition) is 1. The van der Waals surface area contributed by atoms with Crippen LogP contribution in [0.5, 0.6) is 0 Å². The fraction of sp³-hybridized carbons (Fsp3) is 0.452. The second-order valence-electron chi connectivity index (χ2n) is 9.83. The Balaban J connectivity index is 0.00000172. The number of carbonyl (C=O) groups excluding carboxylic acids is 1. The van der Waals surface area contributed by atoms with Gasteiger partial charge in [0, 0.05) is 17.1 Å². The van der Waals surface area contributed by atoms with Crippen molar-refractivity contribution >= 4 is 29.5 Å². The predicted octanol–water partition coefficient (Wildman–Crippen LogP) is 7.71. The van der Waals surface area contributed by atoms with Gasteiger partial charge < -0.3 is 14.0 Å². The minimum Gasteiger partial charge on any atom is -0.377 e. The molecule has 1 aliphatic carbocycles. The van der Waals surface area contributed by atoms with E-state index in [-0.39, 0.29) is 5.91 Å². The standard InChI is InChI=1S/C29H34N4O3S.C2H6/c1-5-35-18-23-16-22(17-33-21(4)30-29(28(33)34)14-8-9-15-29)12-13-24(23)25-10-6-7-11-26(25)37-32-27-19(2)20(3)36-31-27;1-2/h6-7,10-13,16H,5,8-9,14-15,17-18H2,1-4H3,(H,31,32);1-2H3. The molecule has 0 unspecified atom stereocenters. The minimum atomic E-state index is -0.512. The number of aryl methyl sites for hydroxylation is 1. The first kappa shape index (κ1) is 28.9. The molecule has 5 rings (SSSR count). The first-order chi connectivity index (χ1) is 18.9. The van der Waals surface area contributed by atoms with E-state index in [0.717, 1.165) is 75.8 Å². The Kier molecular flexibility index (Phi) is 9.51. The van der Waals surface area contributed by atoms with Gasteiger partial charge in [0.25, 0.3) is 5.91 Å². The summed E-state index contributed by atoms with van der Waals surface area (Å²) in [7, 11) is 0. The molecule has 0 atom stereocenters. The largest absolute Gasteiger partial charge is 0.377 e. The number of anilines is 1. The van der Waals surface area contributed by atoms with Crippen LogP contribution in [-0.2, 0) is 22.7 Å². The molecule has 2 aromatic carbocycles. The van der Waals surface area contributed by atoms with E-state index in [1.807, 2.05) is 58.6 Å². The van der Waals surface area contributed by atoms with Crippen molar-refractivity contribution in [2.75, 3.05) is 11.3 Å². The third-order valence-electron chi connectivity index (χ3n) is 7.40. The Labute approximate surface area is 236 Å². The van der Waals surface area contributed by atoms with Gasteiger partial charge in [-0.15, -0.1) is 0 Å². The average molecular weight is 549 g/mol. The molecule has 1 amide bonds. The summed E-state index contributed by atoms with van der Waals surface area (Å²) in [4.78, 5) is 21.1. The summed E-state index contributed by atoms with van der Waals surface area (Å²) in [5, 5.41) is 4.12. The third kappa shape index (κ3) is 6.07. The SMILES string of the molecule is CC.CCOCc1cc(CN2C(=O)C3(CCCC3)N=C2C)ccc1-c1ccccc1SNc1noc(C)c1C. The maximum absolute atomic E-state index is 13.3. The highest BCUT2D eigenvalue weighted by molar-refractivity contribution is 8.00. The van der Waals surface area contributed by atoms with Crippen molar-refractivity contribution in [1.29, 1.82) is 0 Å². The van der Waals surface area contributed by atoms with Crippen LogP contribution in [0.3, 0.4) is 0 Å². The fourth-order valence-corrected chi connectivity index (χ4v) is 6.04. The van der Waals surface area contributed by atoms with Crippen LogP contribution in [0.2, 0.25) is 0 Å². The van der Waals surface area contributed by atoms with Gasteiger partial charge in [-0.05, 0) is 80.8 Å². The topological polar surface area (TPSA) is 80.0 Å². The molecule has 1 saturated carbocycles. The molecule has 1 aliphatic heterocycles. The van der Waals surface area contributed by atoms with Crippen LogP contribution in [0.1, 0.15) is 75.8 Å². The molecule has 1 fully saturated rings. The Morgan fingerprint density at radius 3 is 2.51 bits per heavy atom. The smallest absolute Gasteiger partial charge is 0.256 e. The van der Waals surface area contributed by atoms with Crippen molar-refractivity contribution in [1.82, 2.24) is 10.1 Å². The van der Waals surface area contributed by atoms with Crippen molar-refractivity contribution in [3.8, 4) is 11.1 Å². The van der Waals surface area contributed by atoms with E-state index < -0.39 is 5.54 Å². The number of nitrogens with zero attached hydrogens (tertiary/aromatic N) is 3. The van der Waals surface area contributed by atoms with Gasteiger partial charge in [0.05, 0.1) is 13.2 Å². The van der Waals surface area contributed by atoms with Crippen molar-refractivity contribution in [3.63, 3.8) is 0 Å². The Bertz CT molecular complexity index is 1330. The second kappa shape index (κ2) is 12.8. The maximum atomic E-state index is 13.3. The molecule has 8 heteroatoms. The summed E-state index contributed by atoms with van der Waals surface area (Å²) in [6.45, 7) is 13.5. The molecule has 2 aliphatic rings. The normalized spacial score (nSPS) is 15.9. The quantitative estimate of drug-likeness (QED) is 0.276. The van der Waals surface area contributed by atoms with E-state index >= 15 is 0 Å². The van der Waals surface area contributed by atoms with Gasteiger partial charge in [-0.2, -0.15) is 0 Å². The van der Waals surface area contributed by atoms with Crippen LogP contribution < -0.4 is 4.72 Å². The number of nitrogens with one attached hydrogen (secondary N) is 1. The maximum Gasteiger partial charge on any atom is 0.256 e. The Morgan fingerprint density at radius 2 is 1.82 bits per heavy atom. The van der Waals surface area contributed by atoms with Gasteiger partial charge in [0.15, 0.2) is 5.82 Å². The third-order valence-corrected chi connectivity index (χ3v) is 8.28. The van der Waals surface area contributed by atoms with E-state index in [1.165, 1.54) is 11.9 Å². The number of aliphatic imine (C=N–C) groups is 1. The monoisotopic (exact) mass is 548 g/mol. The second-order valence-corrected chi connectivity index (χ2v) is 10.7. The van der Waals surface area contributed by atoms with E-state index in [1.54, 1.807) is 0 Å². The lowest BCUT2D eigenvalue weighted by Gasteiger charge is -2.22. The summed E-state index contributed by atoms with van der Waals surface area (Å²) in [6, 6.07) is 14.7. The van der Waals surface area contributed by atoms with Crippen molar-refractivity contribution in [2.45, 2.75) is 90.8 Å². The van der Waals surface area contributed by atoms with Gasteiger partial charge >= 0.3 is 0 Å². The summed E-state index contributed by atoms with van der Waals surface area (Å²) in [6.07, 6.45) is 3.88. The molecular formula is C31H40N4O3S. The lowest BCUT2D eigenvalue weighted by atomic mass is 9.96. The Hall–Kier alpha value is -3.10. The van der Waals surface area contributed by atoms with Crippen LogP contribution in [0.4, 0.5) is 5.82 Å². The summed E-state index contributed by atoms with van der Waals surface area (Å²) < 4.78 is 14.5. The molecule has 39 heavy (non-hydrogen) atoms. The van der Waals surface area contributed by atoms with Crippen LogP contribution >= 0.6 is 11.9 Å². The number of rotatable bonds is 9. The number of benzene rings is 2. The molecule has 0 bridgehead atoms. The van der Waals surface area contributed by atoms with Crippen LogP contribution in [-0.4, -0.2) is 33.9 Å². The number of hydrogen-bond acceptors (Lipinski definition) is 7. The zero-order chi connectivity index (χ0) is 28.0. The van der Waals surface area contributed by atoms with Gasteiger partial charge in [-0.25, -0.2) is 0 Å². The molecule has 2 heterocycles. The highest BCUT2D eigenvalue weighted by Crippen LogP contribution is 2.40. The zero-order valence-electron chi connectivity index (χ0n) is 24.0. The molecule has 1 spiro atoms. The zero-order valence-corrected chi connectivity index (χ0v) is 24.8. The number of amidine groups is 1. The van der Waals surface area contributed by atoms with Crippen molar-refractivity contribution in [3.05, 3.63) is 64.9 Å². The van der Waals surface area contributed by atoms with E-state index in [0.29, 0.717) is 19.8 Å². The molecule has 0 saturated heterocycles. The van der Waals surface area contributed by atoms with Crippen LogP contribution in [0.15, 0.2) is 56.9 Å². The van der Waals surface area contributed by atoms with Crippen molar-refractivity contribution < 1.29 is 14.1 Å². The van der Waals surface area contributed by atoms with Crippen LogP contribution in [0, 0.1) is 13.8 Å². The number of amides is 1. The molecule has 7 nitrogen and oxygen atoms in total. The highest BCUT2D eigenvalue weighted by atomic mass is 32.2. The molecule has 1 N–H and O–H groups in total. The molecule has 0 radical (unpaired) electrons. The van der Waals surface area contributed by atoms with E-state index in [4.69, 9.17) is 14.3 Å². The summed E-state index contributed by atoms with van der Waals surface area (Å²) >= 11 is 1.51. The van der Waals surface area contributed by atoms with Crippen LogP contribution in [0.25, 0.3) is 11.1 Å². The number of aromatic nitrogens is 1. The highest BCUT2D eigenvalue weighted by Gasteiger charge is 2.48. The van der Waals surface area contributed by atoms with E-state index in [9.17, 15) is 4.79 Å². The van der Waals surface area contributed by atoms with Gasteiger partial charge in [0.2, 0.25) is 0 Å². The molecular weight excluding hydrogens is 508 g/mol. The van der Waals surface area contributed by atoms with Crippen molar-refractivity contribution in [2.24, 2.45) is 4.99 Å². The number of ether oxygens (including phenoxy) is 1. The van der Waals surface area contributed by atoms with Gasteiger partial charge in [-0.3, -0.25) is 14.7 Å². The molecule has 3 aromatic rings. The summed E-state index contributed by atoms with van der Waals surface area (Å²) in [5.74, 6) is 2.52. The molecule has 1 aromatic heterocycles. The van der Waals surface area contributed by atoms with E-state index in [2.05, 4.69) is 40.2 Å². The fourth-order valence-electron chi connectivity index (χ4n) is 5.20.